The van der Waals surface area contributed by atoms with Crippen LogP contribution in [-0.2, 0) is 0 Å². The quantitative estimate of drug-likeness (QED) is 0.514. The first-order chi connectivity index (χ1) is 7.34. The van der Waals surface area contributed by atoms with Crippen LogP contribution < -0.4 is 0 Å². The maximum atomic E-state index is 4.40. The van der Waals surface area contributed by atoms with Crippen LogP contribution in [0.1, 0.15) is 5.69 Å². The zero-order valence-corrected chi connectivity index (χ0v) is 8.44. The molecule has 0 unspecified atom stereocenters. The lowest BCUT2D eigenvalue weighted by atomic mass is 10.1. The van der Waals surface area contributed by atoms with E-state index in [1.54, 1.807) is 0 Å². The monoisotopic (exact) mass is 194 g/mol. The Morgan fingerprint density at radius 2 is 1.73 bits per heavy atom. The van der Waals surface area contributed by atoms with Crippen LogP contribution in [0.5, 0.6) is 0 Å². The number of pyridine rings is 2. The Balaban J connectivity index is 2.57. The maximum absolute atomic E-state index is 4.40. The summed E-state index contributed by atoms with van der Waals surface area (Å²) in [4.78, 5) is 8.67. The van der Waals surface area contributed by atoms with Gasteiger partial charge in [-0.1, -0.05) is 18.2 Å². The van der Waals surface area contributed by atoms with Gasteiger partial charge in [0.25, 0.3) is 0 Å². The fraction of sp³-hybridized carbons (Fsp3) is 0.0769. The minimum atomic E-state index is 1.04. The highest BCUT2D eigenvalue weighted by Crippen LogP contribution is 2.22. The first-order valence-electron chi connectivity index (χ1n) is 4.95. The Morgan fingerprint density at radius 1 is 0.933 bits per heavy atom. The van der Waals surface area contributed by atoms with Crippen LogP contribution in [0.4, 0.5) is 0 Å². The molecule has 0 saturated carbocycles. The summed E-state index contributed by atoms with van der Waals surface area (Å²) in [5, 5.41) is 3.52. The highest BCUT2D eigenvalue weighted by Gasteiger charge is 2.01. The summed E-state index contributed by atoms with van der Waals surface area (Å²) in [5.41, 5.74) is 2.08. The highest BCUT2D eigenvalue weighted by molar-refractivity contribution is 6.05. The van der Waals surface area contributed by atoms with Gasteiger partial charge in [0, 0.05) is 28.9 Å². The van der Waals surface area contributed by atoms with Crippen molar-refractivity contribution in [3.8, 4) is 0 Å². The molecule has 0 N–H and O–H groups in total. The van der Waals surface area contributed by atoms with Crippen LogP contribution >= 0.6 is 0 Å². The summed E-state index contributed by atoms with van der Waals surface area (Å²) in [5.74, 6) is 0. The molecule has 0 fully saturated rings. The second kappa shape index (κ2) is 3.02. The standard InChI is InChI=1S/C13H10N2/c1-9-6-12-10(7-14-9)8-15-13-5-3-2-4-11(12)13/h2-8H,1H3. The van der Waals surface area contributed by atoms with Crippen LogP contribution in [0, 0.1) is 6.92 Å². The molecule has 2 heteroatoms. The number of aromatic nitrogens is 2. The van der Waals surface area contributed by atoms with Gasteiger partial charge in [-0.05, 0) is 24.4 Å². The zero-order chi connectivity index (χ0) is 10.3. The first-order valence-corrected chi connectivity index (χ1v) is 4.95. The molecule has 0 atom stereocenters. The van der Waals surface area contributed by atoms with Gasteiger partial charge in [0.15, 0.2) is 0 Å². The molecule has 0 radical (unpaired) electrons. The molecule has 2 nitrogen and oxygen atoms in total. The van der Waals surface area contributed by atoms with E-state index in [9.17, 15) is 0 Å². The fourth-order valence-corrected chi connectivity index (χ4v) is 1.86. The number of aryl methyl sites for hydroxylation is 1. The second-order valence-electron chi connectivity index (χ2n) is 3.69. The van der Waals surface area contributed by atoms with Crippen molar-refractivity contribution in [2.24, 2.45) is 0 Å². The van der Waals surface area contributed by atoms with Crippen molar-refractivity contribution in [3.63, 3.8) is 0 Å². The predicted molar refractivity (Wildman–Crippen MR) is 61.8 cm³/mol. The Hall–Kier alpha value is -1.96. The lowest BCUT2D eigenvalue weighted by Gasteiger charge is -2.02. The van der Waals surface area contributed by atoms with Crippen LogP contribution in [-0.4, -0.2) is 9.97 Å². The molecule has 0 bridgehead atoms. The lowest BCUT2D eigenvalue weighted by Crippen LogP contribution is -1.85. The predicted octanol–water partition coefficient (Wildman–Crippen LogP) is 3.09. The van der Waals surface area contributed by atoms with Gasteiger partial charge in [0.05, 0.1) is 5.52 Å². The van der Waals surface area contributed by atoms with E-state index in [2.05, 4.69) is 22.1 Å². The van der Waals surface area contributed by atoms with Gasteiger partial charge < -0.3 is 0 Å². The van der Waals surface area contributed by atoms with Crippen molar-refractivity contribution in [1.82, 2.24) is 9.97 Å². The highest BCUT2D eigenvalue weighted by atomic mass is 14.7. The summed E-state index contributed by atoms with van der Waals surface area (Å²) < 4.78 is 0. The average molecular weight is 194 g/mol. The summed E-state index contributed by atoms with van der Waals surface area (Å²) in [6.07, 6.45) is 3.76. The van der Waals surface area contributed by atoms with Crippen LogP contribution in [0.3, 0.4) is 0 Å². The summed E-state index contributed by atoms with van der Waals surface area (Å²) >= 11 is 0. The maximum Gasteiger partial charge on any atom is 0.0708 e. The zero-order valence-electron chi connectivity index (χ0n) is 8.44. The van der Waals surface area contributed by atoms with E-state index in [1.807, 2.05) is 37.5 Å². The smallest absolute Gasteiger partial charge is 0.0708 e. The summed E-state index contributed by atoms with van der Waals surface area (Å²) in [7, 11) is 0. The molecular weight excluding hydrogens is 184 g/mol. The Bertz CT molecular complexity index is 644. The van der Waals surface area contributed by atoms with E-state index < -0.39 is 0 Å². The van der Waals surface area contributed by atoms with Gasteiger partial charge in [-0.2, -0.15) is 0 Å². The number of benzene rings is 1. The van der Waals surface area contributed by atoms with Gasteiger partial charge in [0.2, 0.25) is 0 Å². The number of para-hydroxylation sites is 1. The van der Waals surface area contributed by atoms with Gasteiger partial charge in [-0.25, -0.2) is 0 Å². The third-order valence-electron chi connectivity index (χ3n) is 2.61. The Labute approximate surface area is 87.6 Å². The summed E-state index contributed by atoms with van der Waals surface area (Å²) in [6.45, 7) is 2.01. The normalized spacial score (nSPS) is 11.0. The Kier molecular flexibility index (Phi) is 1.68. The average Bonchev–Trinajstić information content (AvgIpc) is 2.29. The number of nitrogens with zero attached hydrogens (tertiary/aromatic N) is 2. The molecular formula is C13H10N2. The van der Waals surface area contributed by atoms with Gasteiger partial charge in [-0.15, -0.1) is 0 Å². The van der Waals surface area contributed by atoms with Crippen LogP contribution in [0.2, 0.25) is 0 Å². The minimum Gasteiger partial charge on any atom is -0.261 e. The van der Waals surface area contributed by atoms with Gasteiger partial charge in [-0.3, -0.25) is 9.97 Å². The molecule has 0 amide bonds. The van der Waals surface area contributed by atoms with Crippen molar-refractivity contribution in [3.05, 3.63) is 48.4 Å². The lowest BCUT2D eigenvalue weighted by molar-refractivity contribution is 1.22. The largest absolute Gasteiger partial charge is 0.261 e. The second-order valence-corrected chi connectivity index (χ2v) is 3.69. The van der Waals surface area contributed by atoms with Crippen molar-refractivity contribution < 1.29 is 0 Å². The molecule has 0 aliphatic carbocycles. The van der Waals surface area contributed by atoms with E-state index >= 15 is 0 Å². The third kappa shape index (κ3) is 1.26. The van der Waals surface area contributed by atoms with Crippen LogP contribution in [0.15, 0.2) is 42.7 Å². The first kappa shape index (κ1) is 8.36. The third-order valence-corrected chi connectivity index (χ3v) is 2.61. The number of hydrogen-bond donors (Lipinski definition) is 0. The van der Waals surface area contributed by atoms with E-state index in [4.69, 9.17) is 0 Å². The topological polar surface area (TPSA) is 25.8 Å². The molecule has 0 saturated heterocycles. The molecule has 3 aromatic rings. The van der Waals surface area contributed by atoms with E-state index in [0.717, 1.165) is 16.6 Å². The van der Waals surface area contributed by atoms with E-state index in [0.29, 0.717) is 0 Å². The molecule has 2 aromatic heterocycles. The molecule has 0 aliphatic rings. The van der Waals surface area contributed by atoms with Gasteiger partial charge >= 0.3 is 0 Å². The van der Waals surface area contributed by atoms with E-state index in [1.165, 1.54) is 10.8 Å². The fourth-order valence-electron chi connectivity index (χ4n) is 1.86. The van der Waals surface area contributed by atoms with Crippen molar-refractivity contribution >= 4 is 21.7 Å². The number of rotatable bonds is 0. The Morgan fingerprint density at radius 3 is 2.67 bits per heavy atom. The minimum absolute atomic E-state index is 1.04. The summed E-state index contributed by atoms with van der Waals surface area (Å²) in [6, 6.07) is 10.3. The van der Waals surface area contributed by atoms with Crippen molar-refractivity contribution in [2.75, 3.05) is 0 Å². The number of fused-ring (bicyclic) bond motifs is 3. The molecule has 2 heterocycles. The SMILES string of the molecule is Cc1cc2c(cn1)cnc1ccccc12. The van der Waals surface area contributed by atoms with Crippen molar-refractivity contribution in [2.45, 2.75) is 6.92 Å². The molecule has 15 heavy (non-hydrogen) atoms. The molecule has 3 rings (SSSR count). The van der Waals surface area contributed by atoms with Crippen LogP contribution in [0.25, 0.3) is 21.7 Å². The number of hydrogen-bond acceptors (Lipinski definition) is 2. The molecule has 1 aromatic carbocycles. The molecule has 72 valence electrons. The molecule has 0 spiro atoms. The van der Waals surface area contributed by atoms with Crippen molar-refractivity contribution in [1.29, 1.82) is 0 Å². The molecule has 0 aliphatic heterocycles. The van der Waals surface area contributed by atoms with Gasteiger partial charge in [0.1, 0.15) is 0 Å². The van der Waals surface area contributed by atoms with E-state index in [-0.39, 0.29) is 0 Å².